The van der Waals surface area contributed by atoms with E-state index in [0.29, 0.717) is 27.8 Å². The number of benzene rings is 2. The maximum Gasteiger partial charge on any atom is 0.291 e. The number of thiazole rings is 1. The van der Waals surface area contributed by atoms with Crippen LogP contribution >= 0.6 is 11.3 Å². The van der Waals surface area contributed by atoms with Crippen molar-refractivity contribution < 1.29 is 18.7 Å². The Morgan fingerprint density at radius 1 is 1.00 bits per heavy atom. The molecule has 2 aromatic carbocycles. The molecule has 0 atom stereocenters. The molecule has 7 nitrogen and oxygen atoms in total. The molecule has 30 heavy (non-hydrogen) atoms. The van der Waals surface area contributed by atoms with Gasteiger partial charge in [0.05, 0.1) is 19.1 Å². The molecule has 0 aliphatic heterocycles. The van der Waals surface area contributed by atoms with E-state index >= 15 is 0 Å². The van der Waals surface area contributed by atoms with Gasteiger partial charge in [-0.3, -0.25) is 14.9 Å². The maximum absolute atomic E-state index is 12.6. The van der Waals surface area contributed by atoms with E-state index in [1.807, 2.05) is 29.6 Å². The first-order chi connectivity index (χ1) is 14.6. The van der Waals surface area contributed by atoms with Crippen LogP contribution in [0.15, 0.2) is 76.7 Å². The van der Waals surface area contributed by atoms with Gasteiger partial charge in [-0.2, -0.15) is 0 Å². The van der Waals surface area contributed by atoms with Gasteiger partial charge in [0.1, 0.15) is 5.75 Å². The van der Waals surface area contributed by atoms with Crippen molar-refractivity contribution in [3.8, 4) is 17.0 Å². The van der Waals surface area contributed by atoms with E-state index in [2.05, 4.69) is 15.6 Å². The second kappa shape index (κ2) is 8.62. The molecule has 2 aromatic heterocycles. The number of aromatic nitrogens is 1. The lowest BCUT2D eigenvalue weighted by atomic mass is 10.1. The summed E-state index contributed by atoms with van der Waals surface area (Å²) in [4.78, 5) is 29.2. The molecule has 0 saturated heterocycles. The van der Waals surface area contributed by atoms with Crippen molar-refractivity contribution in [1.29, 1.82) is 0 Å². The van der Waals surface area contributed by atoms with Gasteiger partial charge in [-0.1, -0.05) is 18.2 Å². The van der Waals surface area contributed by atoms with E-state index in [9.17, 15) is 9.59 Å². The fourth-order valence-corrected chi connectivity index (χ4v) is 3.52. The van der Waals surface area contributed by atoms with Crippen LogP contribution in [0.25, 0.3) is 11.3 Å². The molecular weight excluding hydrogens is 402 g/mol. The molecule has 0 unspecified atom stereocenters. The molecule has 0 fully saturated rings. The van der Waals surface area contributed by atoms with Crippen molar-refractivity contribution in [3.63, 3.8) is 0 Å². The third-order valence-corrected chi connectivity index (χ3v) is 4.99. The number of carbonyl (C=O) groups is 2. The Bertz CT molecular complexity index is 1180. The molecule has 0 aliphatic rings. The average Bonchev–Trinajstić information content (AvgIpc) is 3.46. The summed E-state index contributed by atoms with van der Waals surface area (Å²) in [6, 6.07) is 17.4. The number of para-hydroxylation sites is 1. The van der Waals surface area contributed by atoms with Gasteiger partial charge in [0.15, 0.2) is 10.9 Å². The highest BCUT2D eigenvalue weighted by Gasteiger charge is 2.14. The molecule has 2 amide bonds. The Morgan fingerprint density at radius 3 is 2.67 bits per heavy atom. The van der Waals surface area contributed by atoms with Crippen LogP contribution in [-0.4, -0.2) is 23.9 Å². The predicted molar refractivity (Wildman–Crippen MR) is 115 cm³/mol. The molecule has 2 N–H and O–H groups in total. The van der Waals surface area contributed by atoms with Crippen LogP contribution in [0.4, 0.5) is 10.8 Å². The zero-order chi connectivity index (χ0) is 20.9. The van der Waals surface area contributed by atoms with Crippen molar-refractivity contribution >= 4 is 34.0 Å². The summed E-state index contributed by atoms with van der Waals surface area (Å²) in [6.07, 6.45) is 1.42. The second-order valence-electron chi connectivity index (χ2n) is 6.20. The molecule has 4 rings (SSSR count). The number of carbonyl (C=O) groups excluding carboxylic acids is 2. The summed E-state index contributed by atoms with van der Waals surface area (Å²) >= 11 is 1.32. The molecule has 0 radical (unpaired) electrons. The van der Waals surface area contributed by atoms with E-state index in [4.69, 9.17) is 9.15 Å². The number of hydrogen-bond donors (Lipinski definition) is 2. The number of amides is 2. The Balaban J connectivity index is 1.47. The third kappa shape index (κ3) is 4.23. The highest BCUT2D eigenvalue weighted by Crippen LogP contribution is 2.32. The first-order valence-corrected chi connectivity index (χ1v) is 9.87. The first-order valence-electron chi connectivity index (χ1n) is 8.99. The number of anilines is 2. The molecule has 8 heteroatoms. The van der Waals surface area contributed by atoms with Gasteiger partial charge in [-0.15, -0.1) is 11.3 Å². The number of hydrogen-bond acceptors (Lipinski definition) is 6. The van der Waals surface area contributed by atoms with Crippen LogP contribution in [0.3, 0.4) is 0 Å². The SMILES string of the molecule is COc1ccccc1-c1csc(NC(=O)c2cccc(NC(=O)c3ccco3)c2)n1. The number of furan rings is 1. The monoisotopic (exact) mass is 419 g/mol. The maximum atomic E-state index is 12.6. The van der Waals surface area contributed by atoms with Crippen molar-refractivity contribution in [1.82, 2.24) is 4.98 Å². The molecule has 0 spiro atoms. The zero-order valence-electron chi connectivity index (χ0n) is 15.9. The van der Waals surface area contributed by atoms with E-state index in [0.717, 1.165) is 5.56 Å². The first kappa shape index (κ1) is 19.4. The summed E-state index contributed by atoms with van der Waals surface area (Å²) in [7, 11) is 1.60. The van der Waals surface area contributed by atoms with Crippen molar-refractivity contribution in [2.24, 2.45) is 0 Å². The van der Waals surface area contributed by atoms with Gasteiger partial charge in [0.2, 0.25) is 0 Å². The van der Waals surface area contributed by atoms with E-state index in [1.165, 1.54) is 17.6 Å². The van der Waals surface area contributed by atoms with Gasteiger partial charge in [0, 0.05) is 22.2 Å². The van der Waals surface area contributed by atoms with Gasteiger partial charge >= 0.3 is 0 Å². The summed E-state index contributed by atoms with van der Waals surface area (Å²) < 4.78 is 10.4. The lowest BCUT2D eigenvalue weighted by Gasteiger charge is -2.07. The smallest absolute Gasteiger partial charge is 0.291 e. The molecule has 0 saturated carbocycles. The Labute approximate surface area is 176 Å². The van der Waals surface area contributed by atoms with Crippen molar-refractivity contribution in [2.75, 3.05) is 17.7 Å². The number of nitrogens with zero attached hydrogens (tertiary/aromatic N) is 1. The molecule has 0 aliphatic carbocycles. The number of methoxy groups -OCH3 is 1. The molecule has 0 bridgehead atoms. The summed E-state index contributed by atoms with van der Waals surface area (Å²) in [5, 5.41) is 7.81. The van der Waals surface area contributed by atoms with Gasteiger partial charge in [0.25, 0.3) is 11.8 Å². The van der Waals surface area contributed by atoms with Gasteiger partial charge < -0.3 is 14.5 Å². The summed E-state index contributed by atoms with van der Waals surface area (Å²) in [5.74, 6) is 0.182. The van der Waals surface area contributed by atoms with Crippen molar-refractivity contribution in [2.45, 2.75) is 0 Å². The van der Waals surface area contributed by atoms with Crippen LogP contribution < -0.4 is 15.4 Å². The van der Waals surface area contributed by atoms with Crippen LogP contribution in [0.5, 0.6) is 5.75 Å². The second-order valence-corrected chi connectivity index (χ2v) is 7.06. The number of nitrogens with one attached hydrogen (secondary N) is 2. The Kier molecular flexibility index (Phi) is 5.58. The largest absolute Gasteiger partial charge is 0.496 e. The highest BCUT2D eigenvalue weighted by molar-refractivity contribution is 7.14. The van der Waals surface area contributed by atoms with Crippen LogP contribution in [0.2, 0.25) is 0 Å². The molecule has 4 aromatic rings. The summed E-state index contributed by atoms with van der Waals surface area (Å²) in [5.41, 5.74) is 2.44. The minimum atomic E-state index is -0.390. The fraction of sp³-hybridized carbons (Fsp3) is 0.0455. The lowest BCUT2D eigenvalue weighted by Crippen LogP contribution is -2.14. The minimum Gasteiger partial charge on any atom is -0.496 e. The third-order valence-electron chi connectivity index (χ3n) is 4.24. The normalized spacial score (nSPS) is 10.4. The standard InChI is InChI=1S/C22H17N3O4S/c1-28-18-9-3-2-8-16(18)17-13-30-22(24-17)25-20(26)14-6-4-7-15(12-14)23-21(27)19-10-5-11-29-19/h2-13H,1H3,(H,23,27)(H,24,25,26). The zero-order valence-corrected chi connectivity index (χ0v) is 16.7. The minimum absolute atomic E-state index is 0.191. The topological polar surface area (TPSA) is 93.5 Å². The Hall–Kier alpha value is -3.91. The van der Waals surface area contributed by atoms with E-state index < -0.39 is 0 Å². The molecule has 2 heterocycles. The number of rotatable bonds is 6. The molecular formula is C22H17N3O4S. The number of ether oxygens (including phenoxy) is 1. The van der Waals surface area contributed by atoms with Crippen molar-refractivity contribution in [3.05, 3.63) is 83.6 Å². The molecule has 150 valence electrons. The fourth-order valence-electron chi connectivity index (χ4n) is 2.82. The van der Waals surface area contributed by atoms with E-state index in [-0.39, 0.29) is 17.6 Å². The average molecular weight is 419 g/mol. The van der Waals surface area contributed by atoms with Gasteiger partial charge in [-0.25, -0.2) is 4.98 Å². The lowest BCUT2D eigenvalue weighted by molar-refractivity contribution is 0.0993. The highest BCUT2D eigenvalue weighted by atomic mass is 32.1. The van der Waals surface area contributed by atoms with Crippen LogP contribution in [0.1, 0.15) is 20.9 Å². The van der Waals surface area contributed by atoms with Gasteiger partial charge in [-0.05, 0) is 42.5 Å². The Morgan fingerprint density at radius 2 is 1.87 bits per heavy atom. The summed E-state index contributed by atoms with van der Waals surface area (Å²) in [6.45, 7) is 0. The van der Waals surface area contributed by atoms with Crippen LogP contribution in [0, 0.1) is 0 Å². The van der Waals surface area contributed by atoms with Crippen LogP contribution in [-0.2, 0) is 0 Å². The quantitative estimate of drug-likeness (QED) is 0.463. The predicted octanol–water partition coefficient (Wildman–Crippen LogP) is 4.92. The van der Waals surface area contributed by atoms with E-state index in [1.54, 1.807) is 43.5 Å².